The predicted molar refractivity (Wildman–Crippen MR) is 66.7 cm³/mol. The van der Waals surface area contributed by atoms with Gasteiger partial charge in [0.1, 0.15) is 11.2 Å². The molecular weight excluding hydrogens is 248 g/mol. The van der Waals surface area contributed by atoms with Crippen LogP contribution < -0.4 is 0 Å². The van der Waals surface area contributed by atoms with Crippen LogP contribution in [0.3, 0.4) is 0 Å². The molecule has 3 rings (SSSR count). The molecule has 0 N–H and O–H groups in total. The Morgan fingerprint density at radius 3 is 3.05 bits per heavy atom. The van der Waals surface area contributed by atoms with E-state index in [0.29, 0.717) is 34.7 Å². The summed E-state index contributed by atoms with van der Waals surface area (Å²) < 4.78 is 15.7. The smallest absolute Gasteiger partial charge is 0.312 e. The van der Waals surface area contributed by atoms with Crippen molar-refractivity contribution in [3.05, 3.63) is 23.7 Å². The molecule has 0 aliphatic rings. The lowest BCUT2D eigenvalue weighted by Crippen LogP contribution is -2.07. The van der Waals surface area contributed by atoms with Crippen LogP contribution in [0.4, 0.5) is 0 Å². The van der Waals surface area contributed by atoms with Gasteiger partial charge in [-0.3, -0.25) is 4.79 Å². The Hall–Kier alpha value is -2.37. The third kappa shape index (κ3) is 1.95. The van der Waals surface area contributed by atoms with E-state index in [1.165, 1.54) is 0 Å². The van der Waals surface area contributed by atoms with Gasteiger partial charge < -0.3 is 13.7 Å². The van der Waals surface area contributed by atoms with E-state index in [1.54, 1.807) is 26.0 Å². The molecule has 6 heteroatoms. The molecule has 19 heavy (non-hydrogen) atoms. The highest BCUT2D eigenvalue weighted by molar-refractivity contribution is 6.03. The van der Waals surface area contributed by atoms with Crippen molar-refractivity contribution in [2.24, 2.45) is 0 Å². The summed E-state index contributed by atoms with van der Waals surface area (Å²) in [6, 6.07) is 3.56. The van der Waals surface area contributed by atoms with Crippen LogP contribution in [0, 0.1) is 6.92 Å². The molecule has 0 aliphatic carbocycles. The maximum absolute atomic E-state index is 11.5. The van der Waals surface area contributed by atoms with E-state index in [-0.39, 0.29) is 12.4 Å². The number of oxazole rings is 1. The molecule has 2 aromatic heterocycles. The van der Waals surface area contributed by atoms with Crippen molar-refractivity contribution in [3.63, 3.8) is 0 Å². The molecule has 0 spiro atoms. The molecule has 0 saturated heterocycles. The molecule has 0 bridgehead atoms. The lowest BCUT2D eigenvalue weighted by molar-refractivity contribution is -0.142. The van der Waals surface area contributed by atoms with Crippen LogP contribution in [0.15, 0.2) is 21.1 Å². The third-order valence-corrected chi connectivity index (χ3v) is 2.79. The van der Waals surface area contributed by atoms with Gasteiger partial charge in [-0.2, -0.15) is 0 Å². The first-order valence-electron chi connectivity index (χ1n) is 5.99. The van der Waals surface area contributed by atoms with E-state index in [0.717, 1.165) is 5.52 Å². The lowest BCUT2D eigenvalue weighted by atomic mass is 10.1. The van der Waals surface area contributed by atoms with Crippen LogP contribution in [-0.2, 0) is 16.0 Å². The molecule has 0 radical (unpaired) electrons. The number of nitrogens with zero attached hydrogens (tertiary/aromatic N) is 2. The quantitative estimate of drug-likeness (QED) is 0.673. The zero-order valence-corrected chi connectivity index (χ0v) is 10.6. The van der Waals surface area contributed by atoms with Crippen LogP contribution in [0.5, 0.6) is 0 Å². The number of ether oxygens (including phenoxy) is 1. The second-order valence-corrected chi connectivity index (χ2v) is 4.13. The van der Waals surface area contributed by atoms with Crippen LogP contribution in [0.2, 0.25) is 0 Å². The molecule has 3 aromatic rings. The van der Waals surface area contributed by atoms with E-state index in [9.17, 15) is 4.79 Å². The summed E-state index contributed by atoms with van der Waals surface area (Å²) in [5, 5.41) is 4.60. The standard InChI is InChI=1S/C13H12N2O4/c1-3-17-11(16)6-9-12-10(19-15-9)5-4-8-13(12)18-7(2)14-8/h4-5H,3,6H2,1-2H3. The zero-order chi connectivity index (χ0) is 13.4. The Kier molecular flexibility index (Phi) is 2.70. The molecular formula is C13H12N2O4. The summed E-state index contributed by atoms with van der Waals surface area (Å²) in [6.45, 7) is 3.87. The van der Waals surface area contributed by atoms with Gasteiger partial charge in [-0.05, 0) is 19.1 Å². The van der Waals surface area contributed by atoms with Crippen molar-refractivity contribution in [3.8, 4) is 0 Å². The van der Waals surface area contributed by atoms with Crippen LogP contribution in [0.1, 0.15) is 18.5 Å². The van der Waals surface area contributed by atoms with E-state index in [4.69, 9.17) is 13.7 Å². The SMILES string of the molecule is CCOC(=O)Cc1noc2ccc3nc(C)oc3c12. The first kappa shape index (κ1) is 11.7. The van der Waals surface area contributed by atoms with Crippen molar-refractivity contribution in [2.45, 2.75) is 20.3 Å². The minimum atomic E-state index is -0.342. The maximum Gasteiger partial charge on any atom is 0.312 e. The van der Waals surface area contributed by atoms with E-state index in [1.807, 2.05) is 0 Å². The fourth-order valence-electron chi connectivity index (χ4n) is 2.05. The average Bonchev–Trinajstić information content (AvgIpc) is 2.92. The minimum Gasteiger partial charge on any atom is -0.466 e. The highest BCUT2D eigenvalue weighted by Crippen LogP contribution is 2.29. The summed E-state index contributed by atoms with van der Waals surface area (Å²) in [5.41, 5.74) is 2.40. The Morgan fingerprint density at radius 1 is 1.42 bits per heavy atom. The van der Waals surface area contributed by atoms with Crippen molar-refractivity contribution in [1.29, 1.82) is 0 Å². The molecule has 0 aliphatic heterocycles. The van der Waals surface area contributed by atoms with Crippen molar-refractivity contribution < 1.29 is 18.5 Å². The summed E-state index contributed by atoms with van der Waals surface area (Å²) in [6.07, 6.45) is 0.0553. The highest BCUT2D eigenvalue weighted by atomic mass is 16.5. The van der Waals surface area contributed by atoms with Gasteiger partial charge in [0.05, 0.1) is 18.4 Å². The summed E-state index contributed by atoms with van der Waals surface area (Å²) >= 11 is 0. The molecule has 0 amide bonds. The number of carbonyl (C=O) groups is 1. The molecule has 0 fully saturated rings. The Bertz CT molecular complexity index is 757. The number of fused-ring (bicyclic) bond motifs is 3. The summed E-state index contributed by atoms with van der Waals surface area (Å²) in [7, 11) is 0. The zero-order valence-electron chi connectivity index (χ0n) is 10.6. The van der Waals surface area contributed by atoms with Gasteiger partial charge in [0, 0.05) is 6.92 Å². The topological polar surface area (TPSA) is 78.4 Å². The molecule has 98 valence electrons. The Balaban J connectivity index is 2.14. The predicted octanol–water partition coefficient (Wildman–Crippen LogP) is 2.38. The first-order chi connectivity index (χ1) is 9.19. The van der Waals surface area contributed by atoms with Gasteiger partial charge in [0.25, 0.3) is 0 Å². The number of aromatic nitrogens is 2. The molecule has 2 heterocycles. The van der Waals surface area contributed by atoms with E-state index >= 15 is 0 Å². The Morgan fingerprint density at radius 2 is 2.26 bits per heavy atom. The van der Waals surface area contributed by atoms with Crippen LogP contribution in [0.25, 0.3) is 22.1 Å². The number of esters is 1. The lowest BCUT2D eigenvalue weighted by Gasteiger charge is -1.98. The molecule has 0 unspecified atom stereocenters. The average molecular weight is 260 g/mol. The molecule has 0 saturated carbocycles. The number of benzene rings is 1. The third-order valence-electron chi connectivity index (χ3n) is 2.79. The van der Waals surface area contributed by atoms with Gasteiger partial charge in [-0.25, -0.2) is 4.98 Å². The first-order valence-corrected chi connectivity index (χ1v) is 5.99. The van der Waals surface area contributed by atoms with Gasteiger partial charge in [0.2, 0.25) is 0 Å². The van der Waals surface area contributed by atoms with E-state index in [2.05, 4.69) is 10.1 Å². The number of hydrogen-bond donors (Lipinski definition) is 0. The minimum absolute atomic E-state index is 0.0553. The number of hydrogen-bond acceptors (Lipinski definition) is 6. The number of rotatable bonds is 3. The monoisotopic (exact) mass is 260 g/mol. The summed E-state index contributed by atoms with van der Waals surface area (Å²) in [4.78, 5) is 15.8. The second kappa shape index (κ2) is 4.38. The van der Waals surface area contributed by atoms with Crippen molar-refractivity contribution in [1.82, 2.24) is 10.1 Å². The number of aryl methyl sites for hydroxylation is 1. The largest absolute Gasteiger partial charge is 0.466 e. The fourth-order valence-corrected chi connectivity index (χ4v) is 2.05. The van der Waals surface area contributed by atoms with Crippen LogP contribution in [-0.4, -0.2) is 22.7 Å². The van der Waals surface area contributed by atoms with Crippen LogP contribution >= 0.6 is 0 Å². The van der Waals surface area contributed by atoms with Gasteiger partial charge in [-0.1, -0.05) is 5.16 Å². The highest BCUT2D eigenvalue weighted by Gasteiger charge is 2.18. The van der Waals surface area contributed by atoms with Gasteiger partial charge in [-0.15, -0.1) is 0 Å². The maximum atomic E-state index is 11.5. The van der Waals surface area contributed by atoms with Gasteiger partial charge >= 0.3 is 5.97 Å². The Labute approximate surface area is 108 Å². The molecule has 6 nitrogen and oxygen atoms in total. The van der Waals surface area contributed by atoms with Crippen molar-refractivity contribution >= 4 is 28.0 Å². The van der Waals surface area contributed by atoms with Gasteiger partial charge in [0.15, 0.2) is 17.1 Å². The van der Waals surface area contributed by atoms with Crippen molar-refractivity contribution in [2.75, 3.05) is 6.61 Å². The van der Waals surface area contributed by atoms with E-state index < -0.39 is 0 Å². The summed E-state index contributed by atoms with van der Waals surface area (Å²) in [5.74, 6) is 0.219. The fraction of sp³-hybridized carbons (Fsp3) is 0.308. The number of carbonyl (C=O) groups excluding carboxylic acids is 1. The molecule has 0 atom stereocenters. The second-order valence-electron chi connectivity index (χ2n) is 4.13. The molecule has 1 aromatic carbocycles. The normalized spacial score (nSPS) is 11.3.